The summed E-state index contributed by atoms with van der Waals surface area (Å²) in [6, 6.07) is 7.96. The van der Waals surface area contributed by atoms with Crippen molar-refractivity contribution in [3.8, 4) is 0 Å². The maximum atomic E-state index is 5.97. The van der Waals surface area contributed by atoms with Gasteiger partial charge in [0.1, 0.15) is 0 Å². The van der Waals surface area contributed by atoms with E-state index < -0.39 is 0 Å². The maximum Gasteiger partial charge on any atom is 0.0722 e. The zero-order chi connectivity index (χ0) is 11.5. The van der Waals surface area contributed by atoms with Gasteiger partial charge in [0.2, 0.25) is 0 Å². The van der Waals surface area contributed by atoms with Crippen LogP contribution >= 0.6 is 11.6 Å². The van der Waals surface area contributed by atoms with Crippen LogP contribution in [0.5, 0.6) is 0 Å². The topological polar surface area (TPSA) is 38.9 Å². The normalized spacial score (nSPS) is 10.9. The molecule has 0 aliphatic rings. The van der Waals surface area contributed by atoms with Gasteiger partial charge in [0.05, 0.1) is 5.52 Å². The molecule has 0 saturated heterocycles. The molecule has 0 aliphatic carbocycles. The Hall–Kier alpha value is -1.12. The Morgan fingerprint density at radius 2 is 2.12 bits per heavy atom. The zero-order valence-electron chi connectivity index (χ0n) is 9.33. The van der Waals surface area contributed by atoms with Crippen molar-refractivity contribution >= 4 is 22.5 Å². The Morgan fingerprint density at radius 3 is 2.88 bits per heavy atom. The number of aryl methyl sites for hydroxylation is 2. The third-order valence-electron chi connectivity index (χ3n) is 2.67. The minimum Gasteiger partial charge on any atom is -0.330 e. The molecule has 1 heterocycles. The number of halogens is 1. The van der Waals surface area contributed by atoms with Crippen LogP contribution in [0.4, 0.5) is 0 Å². The van der Waals surface area contributed by atoms with E-state index in [2.05, 4.69) is 18.0 Å². The van der Waals surface area contributed by atoms with E-state index in [1.165, 1.54) is 10.9 Å². The first-order valence-electron chi connectivity index (χ1n) is 5.46. The standard InChI is InChI=1S/C13H15ClN2/c1-9-7-11(3-2-6-15)16-13-8-10(14)4-5-12(9)13/h4-5,7-8H,2-3,6,15H2,1H3. The van der Waals surface area contributed by atoms with E-state index in [4.69, 9.17) is 17.3 Å². The molecule has 2 rings (SSSR count). The molecule has 0 unspecified atom stereocenters. The van der Waals surface area contributed by atoms with Gasteiger partial charge in [-0.1, -0.05) is 17.7 Å². The smallest absolute Gasteiger partial charge is 0.0722 e. The second-order valence-corrected chi connectivity index (χ2v) is 4.42. The number of nitrogens with zero attached hydrogens (tertiary/aromatic N) is 1. The summed E-state index contributed by atoms with van der Waals surface area (Å²) in [5, 5.41) is 1.90. The fraction of sp³-hybridized carbons (Fsp3) is 0.308. The molecule has 0 radical (unpaired) electrons. The van der Waals surface area contributed by atoms with E-state index in [9.17, 15) is 0 Å². The maximum absolute atomic E-state index is 5.97. The monoisotopic (exact) mass is 234 g/mol. The molecular weight excluding hydrogens is 220 g/mol. The molecule has 16 heavy (non-hydrogen) atoms. The van der Waals surface area contributed by atoms with Crippen molar-refractivity contribution in [2.24, 2.45) is 5.73 Å². The van der Waals surface area contributed by atoms with Crippen LogP contribution in [0.1, 0.15) is 17.7 Å². The number of pyridine rings is 1. The third kappa shape index (κ3) is 2.34. The van der Waals surface area contributed by atoms with E-state index >= 15 is 0 Å². The molecule has 3 heteroatoms. The third-order valence-corrected chi connectivity index (χ3v) is 2.90. The number of hydrogen-bond acceptors (Lipinski definition) is 2. The van der Waals surface area contributed by atoms with Gasteiger partial charge in [-0.25, -0.2) is 0 Å². The van der Waals surface area contributed by atoms with Gasteiger partial charge in [0.25, 0.3) is 0 Å². The fourth-order valence-electron chi connectivity index (χ4n) is 1.86. The van der Waals surface area contributed by atoms with Gasteiger partial charge in [-0.15, -0.1) is 0 Å². The minimum absolute atomic E-state index is 0.703. The van der Waals surface area contributed by atoms with Gasteiger partial charge in [-0.2, -0.15) is 0 Å². The van der Waals surface area contributed by atoms with Crippen molar-refractivity contribution in [1.29, 1.82) is 0 Å². The van der Waals surface area contributed by atoms with Crippen LogP contribution in [-0.4, -0.2) is 11.5 Å². The molecule has 0 saturated carbocycles. The Balaban J connectivity index is 2.47. The predicted octanol–water partition coefficient (Wildman–Crippen LogP) is 3.09. The summed E-state index contributed by atoms with van der Waals surface area (Å²) in [7, 11) is 0. The van der Waals surface area contributed by atoms with Crippen LogP contribution in [-0.2, 0) is 6.42 Å². The molecule has 84 valence electrons. The molecule has 0 atom stereocenters. The first kappa shape index (κ1) is 11.4. The average molecular weight is 235 g/mol. The summed E-state index contributed by atoms with van der Waals surface area (Å²) in [6.45, 7) is 2.80. The summed E-state index contributed by atoms with van der Waals surface area (Å²) >= 11 is 5.97. The van der Waals surface area contributed by atoms with E-state index in [1.807, 2.05) is 18.2 Å². The zero-order valence-corrected chi connectivity index (χ0v) is 10.1. The molecule has 0 fully saturated rings. The van der Waals surface area contributed by atoms with Crippen molar-refractivity contribution in [3.05, 3.63) is 40.5 Å². The van der Waals surface area contributed by atoms with Crippen molar-refractivity contribution in [3.63, 3.8) is 0 Å². The second-order valence-electron chi connectivity index (χ2n) is 3.98. The lowest BCUT2D eigenvalue weighted by Gasteiger charge is -2.06. The van der Waals surface area contributed by atoms with Crippen molar-refractivity contribution < 1.29 is 0 Å². The number of benzene rings is 1. The number of hydrogen-bond donors (Lipinski definition) is 1. The molecule has 0 amide bonds. The van der Waals surface area contributed by atoms with Crippen LogP contribution in [0.15, 0.2) is 24.3 Å². The lowest BCUT2D eigenvalue weighted by Crippen LogP contribution is -2.02. The van der Waals surface area contributed by atoms with Crippen LogP contribution < -0.4 is 5.73 Å². The van der Waals surface area contributed by atoms with Gasteiger partial charge in [-0.05, 0) is 50.1 Å². The van der Waals surface area contributed by atoms with Crippen LogP contribution in [0.3, 0.4) is 0 Å². The van der Waals surface area contributed by atoms with Gasteiger partial charge in [0.15, 0.2) is 0 Å². The summed E-state index contributed by atoms with van der Waals surface area (Å²) < 4.78 is 0. The van der Waals surface area contributed by atoms with Crippen LogP contribution in [0.2, 0.25) is 5.02 Å². The minimum atomic E-state index is 0.703. The molecule has 1 aromatic heterocycles. The fourth-order valence-corrected chi connectivity index (χ4v) is 2.02. The summed E-state index contributed by atoms with van der Waals surface area (Å²) in [6.07, 6.45) is 1.90. The van der Waals surface area contributed by atoms with Gasteiger partial charge in [0, 0.05) is 16.1 Å². The lowest BCUT2D eigenvalue weighted by molar-refractivity contribution is 0.813. The first-order chi connectivity index (χ1) is 7.70. The largest absolute Gasteiger partial charge is 0.330 e. The predicted molar refractivity (Wildman–Crippen MR) is 68.9 cm³/mol. The summed E-state index contributed by atoms with van der Waals surface area (Å²) in [5.41, 5.74) is 8.81. The summed E-state index contributed by atoms with van der Waals surface area (Å²) in [4.78, 5) is 4.59. The van der Waals surface area contributed by atoms with Gasteiger partial charge >= 0.3 is 0 Å². The Labute approximate surface area is 100 Å². The van der Waals surface area contributed by atoms with Gasteiger partial charge < -0.3 is 5.73 Å². The highest BCUT2D eigenvalue weighted by Gasteiger charge is 2.03. The molecule has 2 nitrogen and oxygen atoms in total. The second kappa shape index (κ2) is 4.81. The number of rotatable bonds is 3. The van der Waals surface area contributed by atoms with E-state index in [1.54, 1.807) is 0 Å². The molecule has 0 spiro atoms. The van der Waals surface area contributed by atoms with Gasteiger partial charge in [-0.3, -0.25) is 4.98 Å². The summed E-state index contributed by atoms with van der Waals surface area (Å²) in [5.74, 6) is 0. The Morgan fingerprint density at radius 1 is 1.31 bits per heavy atom. The Bertz CT molecular complexity index is 509. The molecular formula is C13H15ClN2. The highest BCUT2D eigenvalue weighted by Crippen LogP contribution is 2.21. The average Bonchev–Trinajstić information content (AvgIpc) is 2.25. The quantitative estimate of drug-likeness (QED) is 0.887. The Kier molecular flexibility index (Phi) is 3.42. The molecule has 2 N–H and O–H groups in total. The molecule has 2 aromatic rings. The molecule has 0 aliphatic heterocycles. The highest BCUT2D eigenvalue weighted by molar-refractivity contribution is 6.31. The van der Waals surface area contributed by atoms with Crippen LogP contribution in [0, 0.1) is 6.92 Å². The molecule has 1 aromatic carbocycles. The van der Waals surface area contributed by atoms with Crippen molar-refractivity contribution in [2.45, 2.75) is 19.8 Å². The van der Waals surface area contributed by atoms with E-state index in [0.717, 1.165) is 29.1 Å². The van der Waals surface area contributed by atoms with Crippen molar-refractivity contribution in [2.75, 3.05) is 6.54 Å². The number of nitrogens with two attached hydrogens (primary N) is 1. The first-order valence-corrected chi connectivity index (χ1v) is 5.84. The van der Waals surface area contributed by atoms with E-state index in [-0.39, 0.29) is 0 Å². The lowest BCUT2D eigenvalue weighted by atomic mass is 10.1. The number of fused-ring (bicyclic) bond motifs is 1. The highest BCUT2D eigenvalue weighted by atomic mass is 35.5. The van der Waals surface area contributed by atoms with Crippen LogP contribution in [0.25, 0.3) is 10.9 Å². The SMILES string of the molecule is Cc1cc(CCCN)nc2cc(Cl)ccc12. The van der Waals surface area contributed by atoms with Crippen molar-refractivity contribution in [1.82, 2.24) is 4.98 Å². The van der Waals surface area contributed by atoms with E-state index in [0.29, 0.717) is 6.54 Å². The number of aromatic nitrogens is 1. The molecule has 0 bridgehead atoms.